The second kappa shape index (κ2) is 10.9. The number of nitrogens with one attached hydrogen (secondary N) is 1. The second-order valence-electron chi connectivity index (χ2n) is 3.29. The minimum atomic E-state index is 0.650. The Morgan fingerprint density at radius 1 is 1.36 bits per heavy atom. The van der Waals surface area contributed by atoms with Gasteiger partial charge in [0, 0.05) is 18.2 Å². The van der Waals surface area contributed by atoms with Crippen LogP contribution in [0.2, 0.25) is 0 Å². The summed E-state index contributed by atoms with van der Waals surface area (Å²) in [5, 5.41) is 3.51. The van der Waals surface area contributed by atoms with Crippen molar-refractivity contribution >= 4 is 11.8 Å². The summed E-state index contributed by atoms with van der Waals surface area (Å²) in [6.07, 6.45) is 3.49. The molecule has 0 spiro atoms. The Hall–Kier alpha value is -0.130. The maximum atomic E-state index is 3.51. The van der Waals surface area contributed by atoms with Gasteiger partial charge in [-0.3, -0.25) is 0 Å². The number of hydrogen-bond acceptors (Lipinski definition) is 2. The minimum Gasteiger partial charge on any atom is -0.313 e. The van der Waals surface area contributed by atoms with Gasteiger partial charge in [0.05, 0.1) is 0 Å². The third kappa shape index (κ3) is 8.47. The van der Waals surface area contributed by atoms with Crippen molar-refractivity contribution < 1.29 is 0 Å². The molecular weight excluding hydrogens is 190 g/mol. The predicted molar refractivity (Wildman–Crippen MR) is 67.8 cm³/mol. The Morgan fingerprint density at radius 3 is 2.71 bits per heavy atom. The van der Waals surface area contributed by atoms with Crippen LogP contribution >= 0.6 is 11.8 Å². The highest BCUT2D eigenvalue weighted by Crippen LogP contribution is 2.08. The molecule has 14 heavy (non-hydrogen) atoms. The van der Waals surface area contributed by atoms with E-state index in [1.54, 1.807) is 0 Å². The van der Waals surface area contributed by atoms with Crippen LogP contribution in [0.5, 0.6) is 0 Å². The average Bonchev–Trinajstić information content (AvgIpc) is 2.18. The van der Waals surface area contributed by atoms with E-state index in [2.05, 4.69) is 31.0 Å². The van der Waals surface area contributed by atoms with Crippen molar-refractivity contribution in [2.24, 2.45) is 0 Å². The fraction of sp³-hybridized carbons (Fsp3) is 0.833. The highest BCUT2D eigenvalue weighted by Gasteiger charge is 2.05. The van der Waals surface area contributed by atoms with E-state index in [0.717, 1.165) is 13.0 Å². The normalized spacial score (nSPS) is 11.9. The van der Waals surface area contributed by atoms with E-state index >= 15 is 0 Å². The van der Waals surface area contributed by atoms with Gasteiger partial charge in [0.1, 0.15) is 0 Å². The van der Waals surface area contributed by atoms with Crippen LogP contribution in [-0.4, -0.2) is 24.1 Å². The fourth-order valence-corrected chi connectivity index (χ4v) is 2.30. The first-order valence-electron chi connectivity index (χ1n) is 5.55. The quantitative estimate of drug-likeness (QED) is 0.491. The maximum absolute atomic E-state index is 3.51. The van der Waals surface area contributed by atoms with Crippen LogP contribution in [0.15, 0.2) is 0 Å². The average molecular weight is 213 g/mol. The van der Waals surface area contributed by atoms with Gasteiger partial charge in [0.2, 0.25) is 0 Å². The van der Waals surface area contributed by atoms with Crippen LogP contribution < -0.4 is 5.32 Å². The molecule has 0 amide bonds. The van der Waals surface area contributed by atoms with Crippen LogP contribution in [0.25, 0.3) is 0 Å². The summed E-state index contributed by atoms with van der Waals surface area (Å²) in [4.78, 5) is 0. The highest BCUT2D eigenvalue weighted by molar-refractivity contribution is 7.99. The van der Waals surface area contributed by atoms with Crippen molar-refractivity contribution in [3.05, 3.63) is 0 Å². The molecule has 0 aliphatic heterocycles. The van der Waals surface area contributed by atoms with Crippen molar-refractivity contribution in [1.82, 2.24) is 5.32 Å². The summed E-state index contributed by atoms with van der Waals surface area (Å²) in [7, 11) is 0. The Morgan fingerprint density at radius 2 is 2.14 bits per heavy atom. The number of hydrogen-bond donors (Lipinski definition) is 1. The van der Waals surface area contributed by atoms with Crippen molar-refractivity contribution in [2.45, 2.75) is 46.1 Å². The summed E-state index contributed by atoms with van der Waals surface area (Å²) in [5.41, 5.74) is 0. The smallest absolute Gasteiger partial charge is 0.0167 e. The summed E-state index contributed by atoms with van der Waals surface area (Å²) in [6.45, 7) is 7.38. The molecule has 0 aromatic heterocycles. The molecule has 1 unspecified atom stereocenters. The van der Waals surface area contributed by atoms with E-state index in [1.807, 2.05) is 18.7 Å². The van der Waals surface area contributed by atoms with Gasteiger partial charge in [-0.15, -0.1) is 11.8 Å². The van der Waals surface area contributed by atoms with Crippen LogP contribution in [0, 0.1) is 11.8 Å². The van der Waals surface area contributed by atoms with E-state index < -0.39 is 0 Å². The molecule has 0 radical (unpaired) electrons. The standard InChI is InChI=1S/C12H23NS/c1-4-7-8-9-12(13-6-3)11-14-10-5-2/h12-13H,5-6,8-11H2,1-3H3. The van der Waals surface area contributed by atoms with Gasteiger partial charge in [-0.1, -0.05) is 13.8 Å². The molecule has 0 rings (SSSR count). The molecular formula is C12H23NS. The van der Waals surface area contributed by atoms with Crippen LogP contribution in [0.3, 0.4) is 0 Å². The maximum Gasteiger partial charge on any atom is 0.0167 e. The molecule has 0 aromatic rings. The highest BCUT2D eigenvalue weighted by atomic mass is 32.2. The molecule has 1 N–H and O–H groups in total. The Kier molecular flexibility index (Phi) is 10.8. The van der Waals surface area contributed by atoms with Gasteiger partial charge >= 0.3 is 0 Å². The summed E-state index contributed by atoms with van der Waals surface area (Å²) >= 11 is 2.05. The third-order valence-corrected chi connectivity index (χ3v) is 3.29. The van der Waals surface area contributed by atoms with Crippen LogP contribution in [0.1, 0.15) is 40.0 Å². The molecule has 1 atom stereocenters. The lowest BCUT2D eigenvalue weighted by Gasteiger charge is -2.15. The monoisotopic (exact) mass is 213 g/mol. The van der Waals surface area contributed by atoms with E-state index in [1.165, 1.54) is 24.3 Å². The zero-order valence-electron chi connectivity index (χ0n) is 9.73. The van der Waals surface area contributed by atoms with Crippen LogP contribution in [-0.2, 0) is 0 Å². The molecule has 0 aromatic carbocycles. The zero-order valence-corrected chi connectivity index (χ0v) is 10.5. The molecule has 0 fully saturated rings. The summed E-state index contributed by atoms with van der Waals surface area (Å²) < 4.78 is 0. The molecule has 0 heterocycles. The summed E-state index contributed by atoms with van der Waals surface area (Å²) in [6, 6.07) is 0.650. The molecule has 0 bridgehead atoms. The van der Waals surface area contributed by atoms with Crippen LogP contribution in [0.4, 0.5) is 0 Å². The van der Waals surface area contributed by atoms with Gasteiger partial charge in [0.15, 0.2) is 0 Å². The number of thioether (sulfide) groups is 1. The van der Waals surface area contributed by atoms with Crippen molar-refractivity contribution in [2.75, 3.05) is 18.1 Å². The molecule has 0 saturated carbocycles. The minimum absolute atomic E-state index is 0.650. The lowest BCUT2D eigenvalue weighted by atomic mass is 10.2. The summed E-state index contributed by atoms with van der Waals surface area (Å²) in [5.74, 6) is 8.58. The Labute approximate surface area is 93.4 Å². The largest absolute Gasteiger partial charge is 0.313 e. The first-order chi connectivity index (χ1) is 6.85. The number of rotatable bonds is 8. The molecule has 0 aliphatic rings. The molecule has 0 saturated heterocycles. The topological polar surface area (TPSA) is 12.0 Å². The molecule has 1 nitrogen and oxygen atoms in total. The first kappa shape index (κ1) is 13.9. The van der Waals surface area contributed by atoms with Crippen molar-refractivity contribution in [1.29, 1.82) is 0 Å². The van der Waals surface area contributed by atoms with E-state index in [4.69, 9.17) is 0 Å². The molecule has 2 heteroatoms. The predicted octanol–water partition coefficient (Wildman–Crippen LogP) is 2.91. The lowest BCUT2D eigenvalue weighted by molar-refractivity contribution is 0.545. The second-order valence-corrected chi connectivity index (χ2v) is 4.44. The SMILES string of the molecule is CC#CCCC(CSCCC)NCC. The molecule has 82 valence electrons. The first-order valence-corrected chi connectivity index (χ1v) is 6.71. The third-order valence-electron chi connectivity index (χ3n) is 1.95. The van der Waals surface area contributed by atoms with Crippen molar-refractivity contribution in [3.8, 4) is 11.8 Å². The van der Waals surface area contributed by atoms with Gasteiger partial charge in [-0.25, -0.2) is 0 Å². The van der Waals surface area contributed by atoms with E-state index in [0.29, 0.717) is 6.04 Å². The lowest BCUT2D eigenvalue weighted by Crippen LogP contribution is -2.31. The van der Waals surface area contributed by atoms with Gasteiger partial charge in [0.25, 0.3) is 0 Å². The fourth-order valence-electron chi connectivity index (χ4n) is 1.27. The van der Waals surface area contributed by atoms with E-state index in [-0.39, 0.29) is 0 Å². The molecule has 0 aliphatic carbocycles. The van der Waals surface area contributed by atoms with E-state index in [9.17, 15) is 0 Å². The van der Waals surface area contributed by atoms with Gasteiger partial charge < -0.3 is 5.32 Å². The zero-order chi connectivity index (χ0) is 10.6. The van der Waals surface area contributed by atoms with Gasteiger partial charge in [-0.05, 0) is 32.1 Å². The van der Waals surface area contributed by atoms with Crippen molar-refractivity contribution in [3.63, 3.8) is 0 Å². The Balaban J connectivity index is 3.57. The Bertz CT molecular complexity index is 169. The van der Waals surface area contributed by atoms with Gasteiger partial charge in [-0.2, -0.15) is 11.8 Å².